The van der Waals surface area contributed by atoms with E-state index in [4.69, 9.17) is 0 Å². The first-order valence-electron chi connectivity index (χ1n) is 8.17. The Kier molecular flexibility index (Phi) is 3.15. The molecular formula is C20H20N2O2. The quantitative estimate of drug-likeness (QED) is 0.917. The molecule has 0 radical (unpaired) electrons. The molecule has 0 spiro atoms. The third-order valence-corrected chi connectivity index (χ3v) is 5.31. The van der Waals surface area contributed by atoms with Crippen molar-refractivity contribution in [1.82, 2.24) is 4.90 Å². The van der Waals surface area contributed by atoms with Crippen LogP contribution in [-0.2, 0) is 12.0 Å². The Labute approximate surface area is 141 Å². The number of fused-ring (bicyclic) bond motifs is 2. The highest BCUT2D eigenvalue weighted by Crippen LogP contribution is 2.41. The van der Waals surface area contributed by atoms with Gasteiger partial charge in [-0.1, -0.05) is 44.2 Å². The van der Waals surface area contributed by atoms with Gasteiger partial charge in [-0.25, -0.2) is 0 Å². The molecule has 0 saturated carbocycles. The van der Waals surface area contributed by atoms with Crippen molar-refractivity contribution in [3.63, 3.8) is 0 Å². The minimum Gasteiger partial charge on any atom is -0.369 e. The molecule has 122 valence electrons. The van der Waals surface area contributed by atoms with Gasteiger partial charge in [0, 0.05) is 28.8 Å². The summed E-state index contributed by atoms with van der Waals surface area (Å²) in [5.41, 5.74) is 5.45. The number of aliphatic hydroxyl groups excluding tert-OH is 1. The van der Waals surface area contributed by atoms with E-state index in [1.807, 2.05) is 31.2 Å². The maximum absolute atomic E-state index is 12.6. The van der Waals surface area contributed by atoms with Crippen LogP contribution in [0.15, 0.2) is 47.5 Å². The van der Waals surface area contributed by atoms with Crippen molar-refractivity contribution in [2.75, 3.05) is 0 Å². The van der Waals surface area contributed by atoms with Crippen LogP contribution in [0.5, 0.6) is 0 Å². The Bertz CT molecular complexity index is 883. The van der Waals surface area contributed by atoms with Crippen molar-refractivity contribution in [3.05, 3.63) is 64.7 Å². The predicted octanol–water partition coefficient (Wildman–Crippen LogP) is 3.72. The summed E-state index contributed by atoms with van der Waals surface area (Å²) >= 11 is 0. The average molecular weight is 320 g/mol. The normalized spacial score (nSPS) is 20.8. The van der Waals surface area contributed by atoms with Gasteiger partial charge in [0.1, 0.15) is 0 Å². The van der Waals surface area contributed by atoms with Gasteiger partial charge in [0.05, 0.1) is 5.69 Å². The number of carbonyl (C=O) groups is 1. The zero-order valence-electron chi connectivity index (χ0n) is 14.1. The van der Waals surface area contributed by atoms with Crippen LogP contribution >= 0.6 is 0 Å². The SMILES string of the molecule is CC1=Nc2ccc(CN3C(=O)c4ccccc4C3O)cc2C1(C)C. The number of carbonyl (C=O) groups excluding carboxylic acids is 1. The minimum atomic E-state index is -0.882. The summed E-state index contributed by atoms with van der Waals surface area (Å²) in [5.74, 6) is -0.120. The zero-order chi connectivity index (χ0) is 17.1. The van der Waals surface area contributed by atoms with Crippen molar-refractivity contribution < 1.29 is 9.90 Å². The zero-order valence-corrected chi connectivity index (χ0v) is 14.1. The van der Waals surface area contributed by atoms with Crippen LogP contribution in [0.3, 0.4) is 0 Å². The third-order valence-electron chi connectivity index (χ3n) is 5.31. The van der Waals surface area contributed by atoms with E-state index in [1.165, 1.54) is 10.5 Å². The predicted molar refractivity (Wildman–Crippen MR) is 93.5 cm³/mol. The van der Waals surface area contributed by atoms with Gasteiger partial charge >= 0.3 is 0 Å². The van der Waals surface area contributed by atoms with Crippen LogP contribution in [-0.4, -0.2) is 21.6 Å². The summed E-state index contributed by atoms with van der Waals surface area (Å²) < 4.78 is 0. The monoisotopic (exact) mass is 320 g/mol. The topological polar surface area (TPSA) is 52.9 Å². The molecule has 2 aromatic rings. The molecule has 2 heterocycles. The van der Waals surface area contributed by atoms with Crippen molar-refractivity contribution in [1.29, 1.82) is 0 Å². The molecule has 4 nitrogen and oxygen atoms in total. The highest BCUT2D eigenvalue weighted by Gasteiger charge is 2.36. The number of hydrogen-bond acceptors (Lipinski definition) is 3. The van der Waals surface area contributed by atoms with E-state index in [-0.39, 0.29) is 11.3 Å². The maximum atomic E-state index is 12.6. The van der Waals surface area contributed by atoms with Gasteiger partial charge in [-0.3, -0.25) is 9.79 Å². The Morgan fingerprint density at radius 3 is 2.71 bits per heavy atom. The fourth-order valence-electron chi connectivity index (χ4n) is 3.50. The van der Waals surface area contributed by atoms with E-state index in [9.17, 15) is 9.90 Å². The molecule has 1 atom stereocenters. The molecule has 1 N–H and O–H groups in total. The van der Waals surface area contributed by atoms with E-state index < -0.39 is 6.23 Å². The van der Waals surface area contributed by atoms with Crippen molar-refractivity contribution in [2.24, 2.45) is 4.99 Å². The van der Waals surface area contributed by atoms with Crippen LogP contribution in [0.25, 0.3) is 0 Å². The van der Waals surface area contributed by atoms with E-state index in [2.05, 4.69) is 24.9 Å². The lowest BCUT2D eigenvalue weighted by Gasteiger charge is -2.23. The highest BCUT2D eigenvalue weighted by atomic mass is 16.3. The van der Waals surface area contributed by atoms with Crippen LogP contribution in [0.2, 0.25) is 0 Å². The van der Waals surface area contributed by atoms with Gasteiger partial charge in [0.15, 0.2) is 6.23 Å². The fourth-order valence-corrected chi connectivity index (χ4v) is 3.50. The molecule has 4 rings (SSSR count). The first-order valence-corrected chi connectivity index (χ1v) is 8.17. The van der Waals surface area contributed by atoms with Gasteiger partial charge in [0.2, 0.25) is 0 Å². The second kappa shape index (κ2) is 5.02. The van der Waals surface area contributed by atoms with E-state index in [0.717, 1.165) is 17.0 Å². The van der Waals surface area contributed by atoms with Crippen molar-refractivity contribution in [2.45, 2.75) is 39.0 Å². The standard InChI is InChI=1S/C20H20N2O2/c1-12-20(2,3)16-10-13(8-9-17(16)21-12)11-22-18(23)14-6-4-5-7-15(14)19(22)24/h4-10,18,23H,11H2,1-3H3. The smallest absolute Gasteiger partial charge is 0.256 e. The van der Waals surface area contributed by atoms with Gasteiger partial charge < -0.3 is 10.0 Å². The molecule has 2 aromatic carbocycles. The van der Waals surface area contributed by atoms with E-state index >= 15 is 0 Å². The molecule has 1 unspecified atom stereocenters. The Morgan fingerprint density at radius 2 is 1.96 bits per heavy atom. The average Bonchev–Trinajstić information content (AvgIpc) is 2.94. The maximum Gasteiger partial charge on any atom is 0.256 e. The molecule has 2 aliphatic heterocycles. The summed E-state index contributed by atoms with van der Waals surface area (Å²) in [4.78, 5) is 18.7. The largest absolute Gasteiger partial charge is 0.369 e. The number of rotatable bonds is 2. The lowest BCUT2D eigenvalue weighted by Crippen LogP contribution is -2.28. The summed E-state index contributed by atoms with van der Waals surface area (Å²) in [6.45, 7) is 6.75. The van der Waals surface area contributed by atoms with Gasteiger partial charge in [-0.05, 0) is 30.2 Å². The van der Waals surface area contributed by atoms with Gasteiger partial charge in [-0.15, -0.1) is 0 Å². The Morgan fingerprint density at radius 1 is 1.21 bits per heavy atom. The van der Waals surface area contributed by atoms with E-state index in [0.29, 0.717) is 17.7 Å². The fraction of sp³-hybridized carbons (Fsp3) is 0.300. The molecule has 1 amide bonds. The lowest BCUT2D eigenvalue weighted by atomic mass is 9.81. The number of hydrogen-bond donors (Lipinski definition) is 1. The number of aliphatic hydroxyl groups is 1. The lowest BCUT2D eigenvalue weighted by molar-refractivity contribution is 0.0137. The highest BCUT2D eigenvalue weighted by molar-refractivity contribution is 6.00. The number of amides is 1. The van der Waals surface area contributed by atoms with Crippen LogP contribution in [0.4, 0.5) is 5.69 Å². The second-order valence-corrected chi connectivity index (χ2v) is 7.07. The molecule has 2 aliphatic rings. The second-order valence-electron chi connectivity index (χ2n) is 7.07. The summed E-state index contributed by atoms with van der Waals surface area (Å²) in [6, 6.07) is 13.3. The number of aliphatic imine (C=N–C) groups is 1. The van der Waals surface area contributed by atoms with Crippen LogP contribution < -0.4 is 0 Å². The molecule has 24 heavy (non-hydrogen) atoms. The number of nitrogens with zero attached hydrogens (tertiary/aromatic N) is 2. The summed E-state index contributed by atoms with van der Waals surface area (Å²) in [7, 11) is 0. The van der Waals surface area contributed by atoms with Crippen molar-refractivity contribution >= 4 is 17.3 Å². The third kappa shape index (κ3) is 2.03. The van der Waals surface area contributed by atoms with Gasteiger partial charge in [-0.2, -0.15) is 0 Å². The molecule has 0 aromatic heterocycles. The van der Waals surface area contributed by atoms with Gasteiger partial charge in [0.25, 0.3) is 5.91 Å². The van der Waals surface area contributed by atoms with E-state index in [1.54, 1.807) is 12.1 Å². The molecule has 0 aliphatic carbocycles. The van der Waals surface area contributed by atoms with Crippen LogP contribution in [0, 0.1) is 0 Å². The molecule has 0 bridgehead atoms. The Hall–Kier alpha value is -2.46. The summed E-state index contributed by atoms with van der Waals surface area (Å²) in [6.07, 6.45) is -0.882. The minimum absolute atomic E-state index is 0.0953. The first-order chi connectivity index (χ1) is 11.4. The molecule has 0 fully saturated rings. The first kappa shape index (κ1) is 15.1. The van der Waals surface area contributed by atoms with Crippen molar-refractivity contribution in [3.8, 4) is 0 Å². The number of benzene rings is 2. The molecule has 4 heteroatoms. The van der Waals surface area contributed by atoms with Crippen LogP contribution in [0.1, 0.15) is 54.0 Å². The Balaban J connectivity index is 1.65. The summed E-state index contributed by atoms with van der Waals surface area (Å²) in [5, 5.41) is 10.5. The molecular weight excluding hydrogens is 300 g/mol. The molecule has 0 saturated heterocycles.